The highest BCUT2D eigenvalue weighted by atomic mass is 35.5. The van der Waals surface area contributed by atoms with Gasteiger partial charge in [-0.25, -0.2) is 4.98 Å². The standard InChI is InChI=1S/C17H12ClF3N4O2/c1-9-6-15(25-27-9)24-16(26)10-4-5-22-14(7-10)23-13-8-11(17(19,20)21)2-3-12(13)18/h2-8H,1H3,(H,22,23)(H,24,25,26). The maximum Gasteiger partial charge on any atom is 0.416 e. The van der Waals surface area contributed by atoms with E-state index in [1.54, 1.807) is 13.0 Å². The molecule has 10 heteroatoms. The Morgan fingerprint density at radius 3 is 2.59 bits per heavy atom. The molecule has 0 saturated heterocycles. The maximum absolute atomic E-state index is 12.9. The van der Waals surface area contributed by atoms with Crippen LogP contribution in [0.5, 0.6) is 0 Å². The van der Waals surface area contributed by atoms with Crippen LogP contribution in [-0.2, 0) is 6.18 Å². The average molecular weight is 397 g/mol. The van der Waals surface area contributed by atoms with Crippen molar-refractivity contribution in [3.63, 3.8) is 0 Å². The number of halogens is 4. The molecule has 140 valence electrons. The van der Waals surface area contributed by atoms with Crippen molar-refractivity contribution >= 4 is 34.8 Å². The Balaban J connectivity index is 1.81. The molecule has 1 amide bonds. The number of rotatable bonds is 4. The van der Waals surface area contributed by atoms with Gasteiger partial charge in [-0.2, -0.15) is 13.2 Å². The van der Waals surface area contributed by atoms with Crippen LogP contribution in [0.3, 0.4) is 0 Å². The summed E-state index contributed by atoms with van der Waals surface area (Å²) in [5, 5.41) is 8.96. The van der Waals surface area contributed by atoms with Crippen LogP contribution >= 0.6 is 11.6 Å². The van der Waals surface area contributed by atoms with E-state index in [-0.39, 0.29) is 27.9 Å². The Bertz CT molecular complexity index is 988. The van der Waals surface area contributed by atoms with Gasteiger partial charge in [0.05, 0.1) is 16.3 Å². The molecular formula is C17H12ClF3N4O2. The van der Waals surface area contributed by atoms with E-state index < -0.39 is 17.6 Å². The minimum Gasteiger partial charge on any atom is -0.360 e. The molecule has 2 aromatic heterocycles. The molecular weight excluding hydrogens is 385 g/mol. The lowest BCUT2D eigenvalue weighted by Gasteiger charge is -2.12. The molecule has 2 N–H and O–H groups in total. The summed E-state index contributed by atoms with van der Waals surface area (Å²) >= 11 is 5.95. The quantitative estimate of drug-likeness (QED) is 0.645. The van der Waals surface area contributed by atoms with Gasteiger partial charge in [0, 0.05) is 17.8 Å². The van der Waals surface area contributed by atoms with Crippen LogP contribution in [0, 0.1) is 6.92 Å². The van der Waals surface area contributed by atoms with Crippen molar-refractivity contribution in [2.45, 2.75) is 13.1 Å². The fourth-order valence-electron chi connectivity index (χ4n) is 2.19. The van der Waals surface area contributed by atoms with Crippen molar-refractivity contribution in [3.8, 4) is 0 Å². The molecule has 2 heterocycles. The Morgan fingerprint density at radius 2 is 1.93 bits per heavy atom. The van der Waals surface area contributed by atoms with Crippen molar-refractivity contribution in [3.05, 3.63) is 64.5 Å². The van der Waals surface area contributed by atoms with E-state index in [1.165, 1.54) is 18.3 Å². The highest BCUT2D eigenvalue weighted by Gasteiger charge is 2.31. The summed E-state index contributed by atoms with van der Waals surface area (Å²) < 4.78 is 43.5. The fraction of sp³-hybridized carbons (Fsp3) is 0.118. The van der Waals surface area contributed by atoms with Crippen LogP contribution in [-0.4, -0.2) is 16.0 Å². The Hall–Kier alpha value is -3.07. The van der Waals surface area contributed by atoms with Gasteiger partial charge in [0.25, 0.3) is 5.91 Å². The third-order valence-corrected chi connectivity index (χ3v) is 3.78. The van der Waals surface area contributed by atoms with E-state index in [0.717, 1.165) is 18.2 Å². The number of nitrogens with zero attached hydrogens (tertiary/aromatic N) is 2. The second-order valence-corrected chi connectivity index (χ2v) is 5.93. The molecule has 27 heavy (non-hydrogen) atoms. The third-order valence-electron chi connectivity index (χ3n) is 3.45. The fourth-order valence-corrected chi connectivity index (χ4v) is 2.35. The number of carbonyl (C=O) groups is 1. The summed E-state index contributed by atoms with van der Waals surface area (Å²) in [6.07, 6.45) is -3.17. The van der Waals surface area contributed by atoms with E-state index in [0.29, 0.717) is 5.76 Å². The highest BCUT2D eigenvalue weighted by molar-refractivity contribution is 6.33. The van der Waals surface area contributed by atoms with Crippen molar-refractivity contribution < 1.29 is 22.5 Å². The third kappa shape index (κ3) is 4.56. The average Bonchev–Trinajstić information content (AvgIpc) is 3.01. The van der Waals surface area contributed by atoms with Gasteiger partial charge in [-0.15, -0.1) is 0 Å². The molecule has 0 atom stereocenters. The van der Waals surface area contributed by atoms with Gasteiger partial charge in [-0.1, -0.05) is 16.8 Å². The number of aryl methyl sites for hydroxylation is 1. The lowest BCUT2D eigenvalue weighted by Crippen LogP contribution is -2.12. The first-order valence-corrected chi connectivity index (χ1v) is 7.94. The zero-order chi connectivity index (χ0) is 19.6. The van der Waals surface area contributed by atoms with Crippen molar-refractivity contribution in [1.29, 1.82) is 0 Å². The lowest BCUT2D eigenvalue weighted by molar-refractivity contribution is -0.137. The largest absolute Gasteiger partial charge is 0.416 e. The van der Waals surface area contributed by atoms with E-state index in [4.69, 9.17) is 16.1 Å². The van der Waals surface area contributed by atoms with Gasteiger partial charge >= 0.3 is 6.18 Å². The minimum atomic E-state index is -4.51. The summed E-state index contributed by atoms with van der Waals surface area (Å²) in [6.45, 7) is 1.68. The van der Waals surface area contributed by atoms with Crippen LogP contribution in [0.25, 0.3) is 0 Å². The lowest BCUT2D eigenvalue weighted by atomic mass is 10.2. The van der Waals surface area contributed by atoms with Gasteiger partial charge in [-0.05, 0) is 37.3 Å². The first-order chi connectivity index (χ1) is 12.7. The molecule has 6 nitrogen and oxygen atoms in total. The van der Waals surface area contributed by atoms with Crippen LogP contribution in [0.15, 0.2) is 47.1 Å². The first-order valence-electron chi connectivity index (χ1n) is 7.57. The highest BCUT2D eigenvalue weighted by Crippen LogP contribution is 2.34. The number of hydrogen-bond donors (Lipinski definition) is 2. The SMILES string of the molecule is Cc1cc(NC(=O)c2ccnc(Nc3cc(C(F)(F)F)ccc3Cl)c2)no1. The van der Waals surface area contributed by atoms with Crippen molar-refractivity contribution in [1.82, 2.24) is 10.1 Å². The summed E-state index contributed by atoms with van der Waals surface area (Å²) in [7, 11) is 0. The molecule has 3 aromatic rings. The molecule has 0 spiro atoms. The molecule has 3 rings (SSSR count). The van der Waals surface area contributed by atoms with Crippen molar-refractivity contribution in [2.24, 2.45) is 0 Å². The number of alkyl halides is 3. The van der Waals surface area contributed by atoms with Crippen molar-refractivity contribution in [2.75, 3.05) is 10.6 Å². The van der Waals surface area contributed by atoms with Gasteiger partial charge in [0.2, 0.25) is 0 Å². The smallest absolute Gasteiger partial charge is 0.360 e. The van der Waals surface area contributed by atoms with E-state index >= 15 is 0 Å². The number of amides is 1. The number of benzene rings is 1. The summed E-state index contributed by atoms with van der Waals surface area (Å²) in [6, 6.07) is 7.25. The topological polar surface area (TPSA) is 80.0 Å². The molecule has 0 aliphatic rings. The number of pyridine rings is 1. The number of hydrogen-bond acceptors (Lipinski definition) is 5. The summed E-state index contributed by atoms with van der Waals surface area (Å²) in [5.74, 6) is 0.440. The molecule has 0 aliphatic carbocycles. The number of aromatic nitrogens is 2. The Morgan fingerprint density at radius 1 is 1.15 bits per heavy atom. The van der Waals surface area contributed by atoms with E-state index in [2.05, 4.69) is 20.8 Å². The van der Waals surface area contributed by atoms with Gasteiger partial charge < -0.3 is 15.2 Å². The molecule has 0 unspecified atom stereocenters. The monoisotopic (exact) mass is 396 g/mol. The first kappa shape index (κ1) is 18.7. The predicted octanol–water partition coefficient (Wildman–Crippen LogP) is 5.05. The second-order valence-electron chi connectivity index (χ2n) is 5.52. The van der Waals surface area contributed by atoms with Gasteiger partial charge in [0.1, 0.15) is 11.6 Å². The molecule has 0 bridgehead atoms. The molecule has 0 aliphatic heterocycles. The molecule has 1 aromatic carbocycles. The predicted molar refractivity (Wildman–Crippen MR) is 93.2 cm³/mol. The molecule has 0 fully saturated rings. The zero-order valence-corrected chi connectivity index (χ0v) is 14.5. The van der Waals surface area contributed by atoms with Crippen LogP contribution in [0.2, 0.25) is 5.02 Å². The Kier molecular flexibility index (Phi) is 5.04. The maximum atomic E-state index is 12.9. The minimum absolute atomic E-state index is 0.0173. The summed E-state index contributed by atoms with van der Waals surface area (Å²) in [5.41, 5.74) is -0.621. The normalized spacial score (nSPS) is 11.3. The van der Waals surface area contributed by atoms with E-state index in [9.17, 15) is 18.0 Å². The zero-order valence-electron chi connectivity index (χ0n) is 13.8. The van der Waals surface area contributed by atoms with Crippen LogP contribution in [0.1, 0.15) is 21.7 Å². The Labute approximate surface area is 156 Å². The van der Waals surface area contributed by atoms with E-state index in [1.807, 2.05) is 0 Å². The number of anilines is 3. The van der Waals surface area contributed by atoms with Gasteiger partial charge in [-0.3, -0.25) is 4.79 Å². The number of carbonyl (C=O) groups excluding carboxylic acids is 1. The van der Waals surface area contributed by atoms with Gasteiger partial charge in [0.15, 0.2) is 5.82 Å². The second kappa shape index (κ2) is 7.28. The molecule has 0 saturated carbocycles. The number of nitrogens with one attached hydrogen (secondary N) is 2. The van der Waals surface area contributed by atoms with Crippen LogP contribution in [0.4, 0.5) is 30.5 Å². The molecule has 0 radical (unpaired) electrons. The summed E-state index contributed by atoms with van der Waals surface area (Å²) in [4.78, 5) is 16.3. The van der Waals surface area contributed by atoms with Crippen LogP contribution < -0.4 is 10.6 Å².